The SMILES string of the molecule is CCCCCCCCC#Cc1ccc(-c2ccc(-c3ccc(-c4cc(OCCCCCC)c(-c5ccc(-c6ccc(P(=O)(O)O)s6)s5)cc4OCCCCCC)s3)s2)s1. The van der Waals surface area contributed by atoms with Crippen LogP contribution >= 0.6 is 64.3 Å². The molecule has 0 radical (unpaired) electrons. The highest BCUT2D eigenvalue weighted by molar-refractivity contribution is 7.67. The van der Waals surface area contributed by atoms with Crippen molar-refractivity contribution >= 4 is 68.9 Å². The number of hydrogen-bond acceptors (Lipinski definition) is 8. The predicted molar refractivity (Wildman–Crippen MR) is 259 cm³/mol. The fourth-order valence-electron chi connectivity index (χ4n) is 6.74. The Kier molecular flexibility index (Phi) is 18.0. The van der Waals surface area contributed by atoms with E-state index in [0.29, 0.717) is 13.2 Å². The molecule has 1 aromatic carbocycles. The van der Waals surface area contributed by atoms with Gasteiger partial charge in [0.05, 0.1) is 18.1 Å². The molecule has 0 saturated carbocycles. The summed E-state index contributed by atoms with van der Waals surface area (Å²) >= 11 is 8.13. The second-order valence-electron chi connectivity index (χ2n) is 14.8. The molecule has 6 aromatic rings. The molecular weight excluding hydrogens is 848 g/mol. The molecule has 59 heavy (non-hydrogen) atoms. The topological polar surface area (TPSA) is 76.0 Å². The van der Waals surface area contributed by atoms with Crippen molar-refractivity contribution in [2.24, 2.45) is 0 Å². The highest BCUT2D eigenvalue weighted by atomic mass is 32.1. The predicted octanol–water partition coefficient (Wildman–Crippen LogP) is 16.2. The summed E-state index contributed by atoms with van der Waals surface area (Å²) in [6.45, 7) is 7.96. The smallest absolute Gasteiger partial charge is 0.366 e. The van der Waals surface area contributed by atoms with Crippen LogP contribution in [-0.4, -0.2) is 23.0 Å². The zero-order chi connectivity index (χ0) is 41.5. The number of benzene rings is 1. The molecule has 5 heterocycles. The van der Waals surface area contributed by atoms with Gasteiger partial charge in [-0.05, 0) is 92.1 Å². The van der Waals surface area contributed by atoms with Gasteiger partial charge in [-0.2, -0.15) is 0 Å². The van der Waals surface area contributed by atoms with E-state index < -0.39 is 7.60 Å². The molecule has 5 nitrogen and oxygen atoms in total. The van der Waals surface area contributed by atoms with Gasteiger partial charge in [0.25, 0.3) is 0 Å². The van der Waals surface area contributed by atoms with Gasteiger partial charge < -0.3 is 19.3 Å². The van der Waals surface area contributed by atoms with Gasteiger partial charge in [-0.25, -0.2) is 0 Å². The quantitative estimate of drug-likeness (QED) is 0.0359. The molecule has 0 bridgehead atoms. The van der Waals surface area contributed by atoms with Crippen molar-refractivity contribution in [3.8, 4) is 73.5 Å². The standard InChI is InChI=1S/C48H57O5PS5/c1-4-7-10-13-14-15-16-17-20-35-21-22-42(55-35)43-27-28-45(58-43)44-25-23-40(56-44)36-33-39(53-32-19-12-9-6-3)37(34-38(36)52-31-18-11-8-5-2)41-24-26-46(57-41)47-29-30-48(59-47)54(49,50)51/h21-30,33-34H,4-16,18-19,31-32H2,1-3H3,(H2,49,50,51). The maximum atomic E-state index is 11.9. The Morgan fingerprint density at radius 1 is 0.492 bits per heavy atom. The molecule has 0 aliphatic carbocycles. The van der Waals surface area contributed by atoms with E-state index in [2.05, 4.69) is 87.2 Å². The maximum Gasteiger partial charge on any atom is 0.366 e. The largest absolute Gasteiger partial charge is 0.493 e. The van der Waals surface area contributed by atoms with Crippen molar-refractivity contribution in [3.63, 3.8) is 0 Å². The molecule has 11 heteroatoms. The minimum atomic E-state index is -4.31. The van der Waals surface area contributed by atoms with Crippen LogP contribution in [0.2, 0.25) is 0 Å². The van der Waals surface area contributed by atoms with Crippen molar-refractivity contribution < 1.29 is 23.8 Å². The van der Waals surface area contributed by atoms with E-state index in [1.54, 1.807) is 40.1 Å². The number of thiophene rings is 5. The minimum absolute atomic E-state index is 0.0793. The second kappa shape index (κ2) is 23.3. The van der Waals surface area contributed by atoms with Crippen molar-refractivity contribution in [3.05, 3.63) is 77.7 Å². The highest BCUT2D eigenvalue weighted by Crippen LogP contribution is 2.49. The summed E-state index contributed by atoms with van der Waals surface area (Å²) in [6.07, 6.45) is 17.7. The molecule has 0 aliphatic rings. The first kappa shape index (κ1) is 45.6. The second-order valence-corrected chi connectivity index (χ2v) is 22.1. The molecule has 0 fully saturated rings. The van der Waals surface area contributed by atoms with E-state index in [4.69, 9.17) is 9.47 Å². The van der Waals surface area contributed by atoms with Gasteiger partial charge >= 0.3 is 7.60 Å². The lowest BCUT2D eigenvalue weighted by Gasteiger charge is -2.17. The van der Waals surface area contributed by atoms with Gasteiger partial charge in [-0.15, -0.1) is 56.7 Å². The molecule has 6 rings (SSSR count). The molecule has 0 spiro atoms. The van der Waals surface area contributed by atoms with Crippen LogP contribution in [0.3, 0.4) is 0 Å². The first-order chi connectivity index (χ1) is 28.8. The normalized spacial score (nSPS) is 11.5. The summed E-state index contributed by atoms with van der Waals surface area (Å²) < 4.78 is 25.3. The summed E-state index contributed by atoms with van der Waals surface area (Å²) in [7, 11) is -4.31. The number of unbranched alkanes of at least 4 members (excludes halogenated alkanes) is 12. The minimum Gasteiger partial charge on any atom is -0.493 e. The molecule has 0 amide bonds. The third-order valence-corrected chi connectivity index (χ3v) is 17.5. The zero-order valence-electron chi connectivity index (χ0n) is 34.6. The first-order valence-electron chi connectivity index (χ1n) is 21.3. The Morgan fingerprint density at radius 2 is 0.898 bits per heavy atom. The Labute approximate surface area is 371 Å². The van der Waals surface area contributed by atoms with E-state index >= 15 is 0 Å². The Balaban J connectivity index is 1.25. The van der Waals surface area contributed by atoms with Gasteiger partial charge in [0.1, 0.15) is 16.1 Å². The molecule has 2 N–H and O–H groups in total. The van der Waals surface area contributed by atoms with E-state index in [1.807, 2.05) is 17.4 Å². The zero-order valence-corrected chi connectivity index (χ0v) is 39.5. The van der Waals surface area contributed by atoms with Gasteiger partial charge in [0.15, 0.2) is 0 Å². The van der Waals surface area contributed by atoms with Gasteiger partial charge in [-0.3, -0.25) is 4.57 Å². The highest BCUT2D eigenvalue weighted by Gasteiger charge is 2.22. The fourth-order valence-corrected chi connectivity index (χ4v) is 12.7. The lowest BCUT2D eigenvalue weighted by Crippen LogP contribution is -2.02. The first-order valence-corrected chi connectivity index (χ1v) is 27.0. The van der Waals surface area contributed by atoms with Crippen LogP contribution < -0.4 is 14.1 Å². The summed E-state index contributed by atoms with van der Waals surface area (Å²) in [6, 6.07) is 25.0. The lowest BCUT2D eigenvalue weighted by molar-refractivity contribution is 0.299. The van der Waals surface area contributed by atoms with Crippen LogP contribution in [0.25, 0.3) is 50.1 Å². The summed E-state index contributed by atoms with van der Waals surface area (Å²) in [5, 5.41) is 0. The Morgan fingerprint density at radius 3 is 1.41 bits per heavy atom. The molecule has 0 atom stereocenters. The van der Waals surface area contributed by atoms with Crippen molar-refractivity contribution in [1.29, 1.82) is 0 Å². The average molecular weight is 905 g/mol. The van der Waals surface area contributed by atoms with Gasteiger partial charge in [0, 0.05) is 56.6 Å². The van der Waals surface area contributed by atoms with Gasteiger partial charge in [-0.1, -0.05) is 103 Å². The van der Waals surface area contributed by atoms with E-state index in [0.717, 1.165) is 90.5 Å². The number of ether oxygens (including phenoxy) is 2. The van der Waals surface area contributed by atoms with Crippen LogP contribution in [0.15, 0.2) is 72.8 Å². The monoisotopic (exact) mass is 904 g/mol. The third kappa shape index (κ3) is 13.3. The molecule has 0 unspecified atom stereocenters. The Hall–Kier alpha value is -2.97. The van der Waals surface area contributed by atoms with Crippen LogP contribution in [0, 0.1) is 11.8 Å². The van der Waals surface area contributed by atoms with Crippen molar-refractivity contribution in [1.82, 2.24) is 0 Å². The molecule has 5 aromatic heterocycles. The van der Waals surface area contributed by atoms with Crippen molar-refractivity contribution in [2.45, 2.75) is 117 Å². The van der Waals surface area contributed by atoms with Crippen molar-refractivity contribution in [2.75, 3.05) is 13.2 Å². The molecule has 0 aliphatic heterocycles. The average Bonchev–Trinajstić information content (AvgIpc) is 4.08. The molecule has 314 valence electrons. The fraction of sp³-hybridized carbons (Fsp3) is 0.417. The summed E-state index contributed by atoms with van der Waals surface area (Å²) in [5.41, 5.74) is 2.00. The van der Waals surface area contributed by atoms with E-state index in [1.165, 1.54) is 89.8 Å². The van der Waals surface area contributed by atoms with Crippen LogP contribution in [-0.2, 0) is 4.57 Å². The third-order valence-electron chi connectivity index (χ3n) is 10.0. The summed E-state index contributed by atoms with van der Waals surface area (Å²) in [4.78, 5) is 29.5. The maximum absolute atomic E-state index is 11.9. The van der Waals surface area contributed by atoms with Crippen LogP contribution in [0.5, 0.6) is 11.5 Å². The van der Waals surface area contributed by atoms with E-state index in [-0.39, 0.29) is 4.62 Å². The van der Waals surface area contributed by atoms with Crippen LogP contribution in [0.1, 0.15) is 122 Å². The van der Waals surface area contributed by atoms with E-state index in [9.17, 15) is 14.4 Å². The Bertz CT molecular complexity index is 2310. The molecular formula is C48H57O5PS5. The van der Waals surface area contributed by atoms with Crippen LogP contribution in [0.4, 0.5) is 0 Å². The summed E-state index contributed by atoms with van der Waals surface area (Å²) in [5.74, 6) is 8.48. The lowest BCUT2D eigenvalue weighted by atomic mass is 10.1. The number of rotatable bonds is 24. The number of hydrogen-bond donors (Lipinski definition) is 2. The molecule has 0 saturated heterocycles. The van der Waals surface area contributed by atoms with Gasteiger partial charge in [0.2, 0.25) is 0 Å².